The van der Waals surface area contributed by atoms with E-state index in [9.17, 15) is 9.59 Å². The molecule has 29 heavy (non-hydrogen) atoms. The molecule has 0 saturated carbocycles. The molecule has 1 amide bonds. The van der Waals surface area contributed by atoms with E-state index in [1.807, 2.05) is 49.4 Å². The lowest BCUT2D eigenvalue weighted by molar-refractivity contribution is -0.115. The third-order valence-electron chi connectivity index (χ3n) is 4.49. The van der Waals surface area contributed by atoms with Crippen molar-refractivity contribution in [3.05, 3.63) is 76.3 Å². The normalized spacial score (nSPS) is 10.8. The van der Waals surface area contributed by atoms with Crippen LogP contribution in [0, 0.1) is 6.92 Å². The number of ether oxygens (including phenoxy) is 1. The number of hydrogen-bond acceptors (Lipinski definition) is 5. The molecule has 0 saturated heterocycles. The Kier molecular flexibility index (Phi) is 4.82. The zero-order valence-electron chi connectivity index (χ0n) is 16.0. The van der Waals surface area contributed by atoms with Gasteiger partial charge in [0.15, 0.2) is 5.82 Å². The summed E-state index contributed by atoms with van der Waals surface area (Å²) in [6, 6.07) is 16.7. The minimum atomic E-state index is -0.371. The highest BCUT2D eigenvalue weighted by Gasteiger charge is 2.16. The molecule has 0 unspecified atom stereocenters. The van der Waals surface area contributed by atoms with E-state index in [1.54, 1.807) is 19.2 Å². The molecule has 2 aromatic heterocycles. The van der Waals surface area contributed by atoms with Crippen LogP contribution in [0.2, 0.25) is 0 Å². The molecule has 8 nitrogen and oxygen atoms in total. The van der Waals surface area contributed by atoms with Crippen LogP contribution in [0.15, 0.2) is 59.4 Å². The van der Waals surface area contributed by atoms with Crippen LogP contribution in [0.1, 0.15) is 11.4 Å². The number of carbonyl (C=O) groups excluding carboxylic acids is 1. The first-order chi connectivity index (χ1) is 14.0. The summed E-state index contributed by atoms with van der Waals surface area (Å²) in [6.45, 7) is 1.93. The molecule has 0 aliphatic heterocycles. The molecular weight excluding hydrogens is 370 g/mol. The van der Waals surface area contributed by atoms with Crippen molar-refractivity contribution in [1.82, 2.24) is 19.8 Å². The molecule has 0 radical (unpaired) electrons. The van der Waals surface area contributed by atoms with E-state index in [0.29, 0.717) is 28.5 Å². The van der Waals surface area contributed by atoms with Crippen LogP contribution in [0.5, 0.6) is 5.75 Å². The number of aromatic nitrogens is 4. The van der Waals surface area contributed by atoms with Crippen molar-refractivity contribution in [2.45, 2.75) is 13.3 Å². The second-order valence-corrected chi connectivity index (χ2v) is 6.59. The molecule has 0 aliphatic rings. The van der Waals surface area contributed by atoms with Crippen LogP contribution in [-0.4, -0.2) is 32.8 Å². The fourth-order valence-corrected chi connectivity index (χ4v) is 3.08. The number of amides is 1. The fourth-order valence-electron chi connectivity index (χ4n) is 3.08. The maximum atomic E-state index is 12.6. The topological polar surface area (TPSA) is 101 Å². The van der Waals surface area contributed by atoms with Gasteiger partial charge in [0.1, 0.15) is 11.3 Å². The number of methoxy groups -OCH3 is 1. The third kappa shape index (κ3) is 3.73. The second-order valence-electron chi connectivity index (χ2n) is 6.59. The van der Waals surface area contributed by atoms with Gasteiger partial charge < -0.3 is 10.1 Å². The molecule has 0 bridgehead atoms. The zero-order valence-corrected chi connectivity index (χ0v) is 16.0. The summed E-state index contributed by atoms with van der Waals surface area (Å²) < 4.78 is 6.71. The van der Waals surface area contributed by atoms with E-state index < -0.39 is 0 Å². The van der Waals surface area contributed by atoms with Crippen molar-refractivity contribution in [2.24, 2.45) is 0 Å². The summed E-state index contributed by atoms with van der Waals surface area (Å²) in [5.41, 5.74) is 3.02. The average molecular weight is 389 g/mol. The van der Waals surface area contributed by atoms with Crippen LogP contribution in [-0.2, 0) is 11.2 Å². The first kappa shape index (κ1) is 18.4. The Morgan fingerprint density at radius 3 is 2.72 bits per heavy atom. The number of nitrogens with zero attached hydrogens (tertiary/aromatic N) is 3. The van der Waals surface area contributed by atoms with Crippen molar-refractivity contribution in [3.63, 3.8) is 0 Å². The SMILES string of the molecule is COc1ccc(C)cc1NC(=O)Cc1n[nH]c(=O)c2cc(-c3ccccc3)nn12. The molecule has 0 atom stereocenters. The number of aryl methyl sites for hydroxylation is 1. The molecule has 4 rings (SSSR count). The van der Waals surface area contributed by atoms with E-state index in [-0.39, 0.29) is 17.9 Å². The Labute approximate surface area is 166 Å². The number of nitrogens with one attached hydrogen (secondary N) is 2. The standard InChI is InChI=1S/C21H19N5O3/c1-13-8-9-18(29-2)16(10-13)22-20(27)12-19-23-24-21(28)17-11-15(25-26(17)19)14-6-4-3-5-7-14/h3-11H,12H2,1-2H3,(H,22,27)(H,24,28). The summed E-state index contributed by atoms with van der Waals surface area (Å²) in [5.74, 6) is 0.589. The van der Waals surface area contributed by atoms with Gasteiger partial charge in [-0.15, -0.1) is 0 Å². The Morgan fingerprint density at radius 1 is 1.17 bits per heavy atom. The quantitative estimate of drug-likeness (QED) is 0.546. The molecule has 0 aliphatic carbocycles. The van der Waals surface area contributed by atoms with E-state index >= 15 is 0 Å². The highest BCUT2D eigenvalue weighted by molar-refractivity contribution is 5.93. The van der Waals surface area contributed by atoms with Crippen LogP contribution >= 0.6 is 0 Å². The van der Waals surface area contributed by atoms with Crippen molar-refractivity contribution in [2.75, 3.05) is 12.4 Å². The lowest BCUT2D eigenvalue weighted by Gasteiger charge is -2.11. The molecular formula is C21H19N5O3. The first-order valence-corrected chi connectivity index (χ1v) is 9.02. The smallest absolute Gasteiger partial charge is 0.290 e. The molecule has 2 aromatic carbocycles. The van der Waals surface area contributed by atoms with E-state index in [4.69, 9.17) is 4.74 Å². The van der Waals surface area contributed by atoms with Crippen LogP contribution in [0.3, 0.4) is 0 Å². The molecule has 4 aromatic rings. The summed E-state index contributed by atoms with van der Waals surface area (Å²) in [7, 11) is 1.54. The van der Waals surface area contributed by atoms with E-state index in [0.717, 1.165) is 11.1 Å². The van der Waals surface area contributed by atoms with Crippen molar-refractivity contribution in [1.29, 1.82) is 0 Å². The van der Waals surface area contributed by atoms with Crippen LogP contribution in [0.4, 0.5) is 5.69 Å². The highest BCUT2D eigenvalue weighted by atomic mass is 16.5. The van der Waals surface area contributed by atoms with Gasteiger partial charge in [-0.3, -0.25) is 9.59 Å². The number of carbonyl (C=O) groups is 1. The van der Waals surface area contributed by atoms with Crippen molar-refractivity contribution in [3.8, 4) is 17.0 Å². The monoisotopic (exact) mass is 389 g/mol. The summed E-state index contributed by atoms with van der Waals surface area (Å²) in [6.07, 6.45) is -0.0692. The predicted octanol–water partition coefficient (Wildman–Crippen LogP) is 2.58. The number of fused-ring (bicyclic) bond motifs is 1. The van der Waals surface area contributed by atoms with E-state index in [1.165, 1.54) is 4.52 Å². The predicted molar refractivity (Wildman–Crippen MR) is 109 cm³/mol. The number of H-pyrrole nitrogens is 1. The van der Waals surface area contributed by atoms with Gasteiger partial charge in [-0.05, 0) is 30.7 Å². The average Bonchev–Trinajstić information content (AvgIpc) is 3.18. The number of hydrogen-bond donors (Lipinski definition) is 2. The number of aromatic amines is 1. The van der Waals surface area contributed by atoms with Gasteiger partial charge in [0, 0.05) is 5.56 Å². The van der Waals surface area contributed by atoms with Crippen molar-refractivity contribution < 1.29 is 9.53 Å². The molecule has 8 heteroatoms. The second kappa shape index (κ2) is 7.59. The summed E-state index contributed by atoms with van der Waals surface area (Å²) in [5, 5.41) is 13.8. The third-order valence-corrected chi connectivity index (χ3v) is 4.49. The van der Waals surface area contributed by atoms with Crippen LogP contribution < -0.4 is 15.6 Å². The minimum absolute atomic E-state index is 0.0692. The lowest BCUT2D eigenvalue weighted by atomic mass is 10.1. The maximum absolute atomic E-state index is 12.6. The van der Waals surface area contributed by atoms with Gasteiger partial charge in [-0.2, -0.15) is 10.2 Å². The Hall–Kier alpha value is -3.94. The Morgan fingerprint density at radius 2 is 1.97 bits per heavy atom. The molecule has 2 N–H and O–H groups in total. The Balaban J connectivity index is 1.65. The molecule has 0 fully saturated rings. The van der Waals surface area contributed by atoms with Crippen molar-refractivity contribution >= 4 is 17.1 Å². The number of anilines is 1. The number of rotatable bonds is 5. The largest absolute Gasteiger partial charge is 0.495 e. The number of benzene rings is 2. The summed E-state index contributed by atoms with van der Waals surface area (Å²) in [4.78, 5) is 24.8. The molecule has 0 spiro atoms. The maximum Gasteiger partial charge on any atom is 0.290 e. The van der Waals surface area contributed by atoms with Gasteiger partial charge in [0.05, 0.1) is 24.9 Å². The fraction of sp³-hybridized carbons (Fsp3) is 0.143. The van der Waals surface area contributed by atoms with E-state index in [2.05, 4.69) is 20.6 Å². The van der Waals surface area contributed by atoms with Gasteiger partial charge in [0.25, 0.3) is 5.56 Å². The van der Waals surface area contributed by atoms with Gasteiger partial charge >= 0.3 is 0 Å². The van der Waals surface area contributed by atoms with Gasteiger partial charge in [-0.25, -0.2) is 9.61 Å². The molecule has 2 heterocycles. The highest BCUT2D eigenvalue weighted by Crippen LogP contribution is 2.25. The molecule has 146 valence electrons. The first-order valence-electron chi connectivity index (χ1n) is 9.02. The van der Waals surface area contributed by atoms with Gasteiger partial charge in [0.2, 0.25) is 5.91 Å². The zero-order chi connectivity index (χ0) is 20.4. The van der Waals surface area contributed by atoms with Gasteiger partial charge in [-0.1, -0.05) is 36.4 Å². The van der Waals surface area contributed by atoms with Crippen LogP contribution in [0.25, 0.3) is 16.8 Å². The lowest BCUT2D eigenvalue weighted by Crippen LogP contribution is -2.22. The summed E-state index contributed by atoms with van der Waals surface area (Å²) >= 11 is 0. The Bertz CT molecular complexity index is 1240. The minimum Gasteiger partial charge on any atom is -0.495 e.